The van der Waals surface area contributed by atoms with Crippen LogP contribution in [-0.2, 0) is 11.3 Å². The number of rotatable bonds is 7. The number of halogens is 1. The first-order valence-corrected chi connectivity index (χ1v) is 8.60. The van der Waals surface area contributed by atoms with Crippen LogP contribution >= 0.6 is 11.6 Å². The Balaban J connectivity index is 1.57. The molecule has 1 amide bonds. The van der Waals surface area contributed by atoms with Crippen molar-refractivity contribution in [1.82, 2.24) is 15.5 Å². The maximum atomic E-state index is 12.2. The first-order chi connectivity index (χ1) is 13.1. The van der Waals surface area contributed by atoms with Crippen molar-refractivity contribution in [3.05, 3.63) is 59.4 Å². The van der Waals surface area contributed by atoms with Gasteiger partial charge in [0.15, 0.2) is 6.10 Å². The molecular weight excluding hydrogens is 370 g/mol. The summed E-state index contributed by atoms with van der Waals surface area (Å²) in [6.07, 6.45) is -0.731. The van der Waals surface area contributed by atoms with Gasteiger partial charge in [-0.3, -0.25) is 4.79 Å². The summed E-state index contributed by atoms with van der Waals surface area (Å²) in [6, 6.07) is 14.3. The Morgan fingerprint density at radius 3 is 2.85 bits per heavy atom. The van der Waals surface area contributed by atoms with Gasteiger partial charge in [-0.15, -0.1) is 0 Å². The van der Waals surface area contributed by atoms with Crippen LogP contribution in [0.2, 0.25) is 5.02 Å². The van der Waals surface area contributed by atoms with Crippen LogP contribution in [0.1, 0.15) is 12.8 Å². The van der Waals surface area contributed by atoms with Crippen LogP contribution in [0.15, 0.2) is 53.1 Å². The number of benzene rings is 2. The maximum absolute atomic E-state index is 12.2. The largest absolute Gasteiger partial charge is 0.497 e. The van der Waals surface area contributed by atoms with Crippen LogP contribution in [0.5, 0.6) is 11.5 Å². The predicted molar refractivity (Wildman–Crippen MR) is 99.7 cm³/mol. The van der Waals surface area contributed by atoms with Crippen molar-refractivity contribution in [3.8, 4) is 22.9 Å². The zero-order chi connectivity index (χ0) is 19.2. The van der Waals surface area contributed by atoms with Gasteiger partial charge in [0.05, 0.1) is 18.7 Å². The topological polar surface area (TPSA) is 86.5 Å². The summed E-state index contributed by atoms with van der Waals surface area (Å²) in [5.74, 6) is 1.51. The SMILES string of the molecule is COc1cccc(-c2noc(CNC(=O)C(C)Oc3ccccc3Cl)n2)c1. The highest BCUT2D eigenvalue weighted by Crippen LogP contribution is 2.24. The van der Waals surface area contributed by atoms with Crippen molar-refractivity contribution in [1.29, 1.82) is 0 Å². The average molecular weight is 388 g/mol. The fourth-order valence-electron chi connectivity index (χ4n) is 2.30. The van der Waals surface area contributed by atoms with E-state index in [1.165, 1.54) is 0 Å². The van der Waals surface area contributed by atoms with Crippen LogP contribution in [0.25, 0.3) is 11.4 Å². The van der Waals surface area contributed by atoms with Gasteiger partial charge in [0.25, 0.3) is 5.91 Å². The van der Waals surface area contributed by atoms with Gasteiger partial charge in [-0.1, -0.05) is 41.0 Å². The van der Waals surface area contributed by atoms with Crippen LogP contribution in [0, 0.1) is 0 Å². The van der Waals surface area contributed by atoms with Gasteiger partial charge in [0.1, 0.15) is 11.5 Å². The Labute approximate surface area is 161 Å². The van der Waals surface area contributed by atoms with Gasteiger partial charge < -0.3 is 19.3 Å². The fraction of sp³-hybridized carbons (Fsp3) is 0.211. The van der Waals surface area contributed by atoms with Crippen LogP contribution in [0.3, 0.4) is 0 Å². The fourth-order valence-corrected chi connectivity index (χ4v) is 2.48. The molecule has 27 heavy (non-hydrogen) atoms. The van der Waals surface area contributed by atoms with Crippen LogP contribution in [-0.4, -0.2) is 29.3 Å². The van der Waals surface area contributed by atoms with Crippen molar-refractivity contribution < 1.29 is 18.8 Å². The summed E-state index contributed by atoms with van der Waals surface area (Å²) in [7, 11) is 1.59. The molecule has 140 valence electrons. The first kappa shape index (κ1) is 18.7. The number of methoxy groups -OCH3 is 1. The monoisotopic (exact) mass is 387 g/mol. The summed E-state index contributed by atoms with van der Waals surface area (Å²) in [5.41, 5.74) is 0.756. The van der Waals surface area contributed by atoms with Crippen molar-refractivity contribution >= 4 is 17.5 Å². The van der Waals surface area contributed by atoms with E-state index in [1.807, 2.05) is 18.2 Å². The van der Waals surface area contributed by atoms with E-state index in [4.69, 9.17) is 25.6 Å². The number of aromatic nitrogens is 2. The Bertz CT molecular complexity index is 929. The van der Waals surface area contributed by atoms with E-state index in [2.05, 4.69) is 15.5 Å². The number of hydrogen-bond acceptors (Lipinski definition) is 6. The summed E-state index contributed by atoms with van der Waals surface area (Å²) >= 11 is 6.03. The molecular formula is C19H18ClN3O4. The molecule has 0 bridgehead atoms. The minimum Gasteiger partial charge on any atom is -0.497 e. The van der Waals surface area contributed by atoms with Crippen molar-refractivity contribution in [2.75, 3.05) is 7.11 Å². The van der Waals surface area contributed by atoms with E-state index in [-0.39, 0.29) is 18.3 Å². The predicted octanol–water partition coefficient (Wildman–Crippen LogP) is 3.48. The highest BCUT2D eigenvalue weighted by molar-refractivity contribution is 6.32. The zero-order valence-electron chi connectivity index (χ0n) is 14.8. The Morgan fingerprint density at radius 2 is 2.07 bits per heavy atom. The normalized spacial score (nSPS) is 11.7. The van der Waals surface area contributed by atoms with E-state index >= 15 is 0 Å². The average Bonchev–Trinajstić information content (AvgIpc) is 3.17. The van der Waals surface area contributed by atoms with E-state index < -0.39 is 6.10 Å². The number of amides is 1. The second kappa shape index (κ2) is 8.55. The second-order valence-electron chi connectivity index (χ2n) is 5.65. The Morgan fingerprint density at radius 1 is 1.26 bits per heavy atom. The van der Waals surface area contributed by atoms with E-state index in [1.54, 1.807) is 44.4 Å². The molecule has 1 N–H and O–H groups in total. The number of carbonyl (C=O) groups is 1. The molecule has 0 saturated carbocycles. The van der Waals surface area contributed by atoms with E-state index in [0.29, 0.717) is 22.3 Å². The second-order valence-corrected chi connectivity index (χ2v) is 6.06. The zero-order valence-corrected chi connectivity index (χ0v) is 15.6. The molecule has 1 atom stereocenters. The molecule has 3 rings (SSSR count). The van der Waals surface area contributed by atoms with Gasteiger partial charge in [-0.2, -0.15) is 4.98 Å². The minimum absolute atomic E-state index is 0.0893. The number of carbonyl (C=O) groups excluding carboxylic acids is 1. The lowest BCUT2D eigenvalue weighted by Crippen LogP contribution is -2.36. The standard InChI is InChI=1S/C19H18ClN3O4/c1-12(26-16-9-4-3-8-15(16)20)19(24)21-11-17-22-18(23-27-17)13-6-5-7-14(10-13)25-2/h3-10,12H,11H2,1-2H3,(H,21,24). The molecule has 0 aliphatic heterocycles. The quantitative estimate of drug-likeness (QED) is 0.667. The molecule has 0 aliphatic carbocycles. The maximum Gasteiger partial charge on any atom is 0.261 e. The summed E-state index contributed by atoms with van der Waals surface area (Å²) in [4.78, 5) is 16.5. The number of ether oxygens (including phenoxy) is 2. The molecule has 2 aromatic carbocycles. The molecule has 1 aromatic heterocycles. The summed E-state index contributed by atoms with van der Waals surface area (Å²) in [5, 5.41) is 7.06. The number of hydrogen-bond donors (Lipinski definition) is 1. The highest BCUT2D eigenvalue weighted by atomic mass is 35.5. The van der Waals surface area contributed by atoms with Gasteiger partial charge in [0.2, 0.25) is 11.7 Å². The molecule has 0 radical (unpaired) electrons. The van der Waals surface area contributed by atoms with Crippen LogP contribution in [0.4, 0.5) is 0 Å². The number of nitrogens with one attached hydrogen (secondary N) is 1. The third kappa shape index (κ3) is 4.77. The molecule has 0 aliphatic rings. The summed E-state index contributed by atoms with van der Waals surface area (Å²) in [6.45, 7) is 1.72. The molecule has 0 spiro atoms. The molecule has 7 nitrogen and oxygen atoms in total. The third-order valence-electron chi connectivity index (χ3n) is 3.72. The summed E-state index contributed by atoms with van der Waals surface area (Å²) < 4.78 is 15.9. The van der Waals surface area contributed by atoms with Gasteiger partial charge >= 0.3 is 0 Å². The van der Waals surface area contributed by atoms with Gasteiger partial charge in [0, 0.05) is 5.56 Å². The minimum atomic E-state index is -0.731. The molecule has 8 heteroatoms. The van der Waals surface area contributed by atoms with Crippen molar-refractivity contribution in [2.24, 2.45) is 0 Å². The van der Waals surface area contributed by atoms with E-state index in [0.717, 1.165) is 5.56 Å². The lowest BCUT2D eigenvalue weighted by Gasteiger charge is -2.14. The van der Waals surface area contributed by atoms with Crippen molar-refractivity contribution in [2.45, 2.75) is 19.6 Å². The third-order valence-corrected chi connectivity index (χ3v) is 4.03. The lowest BCUT2D eigenvalue weighted by atomic mass is 10.2. The molecule has 0 saturated heterocycles. The van der Waals surface area contributed by atoms with Gasteiger partial charge in [-0.25, -0.2) is 0 Å². The molecule has 1 heterocycles. The smallest absolute Gasteiger partial charge is 0.261 e. The Hall–Kier alpha value is -3.06. The van der Waals surface area contributed by atoms with E-state index in [9.17, 15) is 4.79 Å². The number of nitrogens with zero attached hydrogens (tertiary/aromatic N) is 2. The van der Waals surface area contributed by atoms with Gasteiger partial charge in [-0.05, 0) is 31.2 Å². The van der Waals surface area contributed by atoms with Crippen LogP contribution < -0.4 is 14.8 Å². The molecule has 3 aromatic rings. The molecule has 1 unspecified atom stereocenters. The molecule has 0 fully saturated rings. The first-order valence-electron chi connectivity index (χ1n) is 8.22. The lowest BCUT2D eigenvalue weighted by molar-refractivity contribution is -0.127. The van der Waals surface area contributed by atoms with Crippen molar-refractivity contribution in [3.63, 3.8) is 0 Å². The Kier molecular flexibility index (Phi) is 5.93. The number of para-hydroxylation sites is 1. The highest BCUT2D eigenvalue weighted by Gasteiger charge is 2.17.